The molecular formula is C23H17ClF4N2O2S. The van der Waals surface area contributed by atoms with E-state index in [0.717, 1.165) is 42.0 Å². The number of nitrogens with zero attached hydrogens (tertiary/aromatic N) is 1. The van der Waals surface area contributed by atoms with E-state index in [9.17, 15) is 27.2 Å². The molecule has 0 bridgehead atoms. The van der Waals surface area contributed by atoms with Crippen LogP contribution in [0.25, 0.3) is 0 Å². The monoisotopic (exact) mass is 496 g/mol. The molecule has 0 spiro atoms. The number of thiophene rings is 1. The van der Waals surface area contributed by atoms with Crippen molar-refractivity contribution in [3.63, 3.8) is 0 Å². The number of hydrogen-bond donors (Lipinski definition) is 1. The van der Waals surface area contributed by atoms with Crippen LogP contribution in [0.3, 0.4) is 0 Å². The lowest BCUT2D eigenvalue weighted by molar-refractivity contribution is -0.140. The van der Waals surface area contributed by atoms with Gasteiger partial charge < -0.3 is 10.2 Å². The number of amides is 2. The molecule has 1 aliphatic heterocycles. The summed E-state index contributed by atoms with van der Waals surface area (Å²) in [7, 11) is 0. The molecule has 2 amide bonds. The Labute approximate surface area is 195 Å². The molecule has 4 nitrogen and oxygen atoms in total. The molecule has 0 atom stereocenters. The Morgan fingerprint density at radius 3 is 2.58 bits per heavy atom. The van der Waals surface area contributed by atoms with Crippen LogP contribution in [0, 0.1) is 5.82 Å². The van der Waals surface area contributed by atoms with Gasteiger partial charge in [0.25, 0.3) is 11.8 Å². The molecule has 0 aliphatic carbocycles. The van der Waals surface area contributed by atoms with E-state index in [-0.39, 0.29) is 22.2 Å². The summed E-state index contributed by atoms with van der Waals surface area (Å²) < 4.78 is 53.0. The van der Waals surface area contributed by atoms with Crippen LogP contribution in [0.15, 0.2) is 47.8 Å². The van der Waals surface area contributed by atoms with Crippen molar-refractivity contribution in [2.24, 2.45) is 0 Å². The minimum atomic E-state index is -4.93. The molecule has 4 rings (SSSR count). The first-order chi connectivity index (χ1) is 15.7. The second kappa shape index (κ2) is 9.15. The molecule has 1 aliphatic rings. The van der Waals surface area contributed by atoms with Gasteiger partial charge in [0, 0.05) is 17.1 Å². The summed E-state index contributed by atoms with van der Waals surface area (Å²) in [5.41, 5.74) is -1.09. The van der Waals surface area contributed by atoms with Gasteiger partial charge in [-0.1, -0.05) is 17.7 Å². The first-order valence-electron chi connectivity index (χ1n) is 10.0. The van der Waals surface area contributed by atoms with Crippen LogP contribution in [0.4, 0.5) is 28.9 Å². The summed E-state index contributed by atoms with van der Waals surface area (Å²) in [6.07, 6.45) is -2.20. The fourth-order valence-electron chi connectivity index (χ4n) is 3.68. The highest BCUT2D eigenvalue weighted by atomic mass is 35.5. The first-order valence-corrected chi connectivity index (χ1v) is 11.3. The number of carbonyl (C=O) groups excluding carboxylic acids is 2. The van der Waals surface area contributed by atoms with Gasteiger partial charge in [0.2, 0.25) is 0 Å². The fraction of sp³-hybridized carbons (Fsp3) is 0.217. The van der Waals surface area contributed by atoms with Gasteiger partial charge in [0.1, 0.15) is 5.82 Å². The number of nitrogens with one attached hydrogen (secondary N) is 1. The third-order valence-electron chi connectivity index (χ3n) is 5.30. The van der Waals surface area contributed by atoms with Crippen molar-refractivity contribution < 1.29 is 27.2 Å². The van der Waals surface area contributed by atoms with Gasteiger partial charge in [-0.25, -0.2) is 4.39 Å². The van der Waals surface area contributed by atoms with Crippen molar-refractivity contribution in [3.8, 4) is 0 Å². The molecule has 2 aromatic carbocycles. The van der Waals surface area contributed by atoms with Crippen LogP contribution >= 0.6 is 22.9 Å². The molecule has 33 heavy (non-hydrogen) atoms. The largest absolute Gasteiger partial charge is 0.419 e. The van der Waals surface area contributed by atoms with E-state index in [1.165, 1.54) is 18.2 Å². The summed E-state index contributed by atoms with van der Waals surface area (Å²) >= 11 is 7.91. The minimum absolute atomic E-state index is 0.0586. The molecule has 0 fully saturated rings. The van der Waals surface area contributed by atoms with Gasteiger partial charge in [-0.2, -0.15) is 13.2 Å². The van der Waals surface area contributed by atoms with Crippen molar-refractivity contribution in [3.05, 3.63) is 80.3 Å². The van der Waals surface area contributed by atoms with E-state index in [1.807, 2.05) is 11.4 Å². The number of rotatable bonds is 3. The van der Waals surface area contributed by atoms with Crippen LogP contribution in [-0.4, -0.2) is 18.4 Å². The van der Waals surface area contributed by atoms with E-state index >= 15 is 0 Å². The molecule has 3 aromatic rings. The highest BCUT2D eigenvalue weighted by Crippen LogP contribution is 2.34. The molecule has 1 aromatic heterocycles. The molecule has 172 valence electrons. The summed E-state index contributed by atoms with van der Waals surface area (Å²) in [5, 5.41) is 4.32. The van der Waals surface area contributed by atoms with Crippen LogP contribution in [-0.2, 0) is 12.6 Å². The predicted molar refractivity (Wildman–Crippen MR) is 120 cm³/mol. The lowest BCUT2D eigenvalue weighted by atomic mass is 10.1. The lowest BCUT2D eigenvalue weighted by Crippen LogP contribution is -2.31. The molecule has 0 unspecified atom stereocenters. The zero-order valence-corrected chi connectivity index (χ0v) is 18.6. The van der Waals surface area contributed by atoms with Gasteiger partial charge in [0.05, 0.1) is 27.4 Å². The van der Waals surface area contributed by atoms with Crippen molar-refractivity contribution in [1.29, 1.82) is 0 Å². The van der Waals surface area contributed by atoms with Gasteiger partial charge in [0.15, 0.2) is 0 Å². The summed E-state index contributed by atoms with van der Waals surface area (Å²) in [4.78, 5) is 28.4. The Balaban J connectivity index is 1.56. The average Bonchev–Trinajstić information content (AvgIpc) is 3.12. The number of alkyl halides is 3. The summed E-state index contributed by atoms with van der Waals surface area (Å²) in [6, 6.07) is 8.51. The molecule has 10 heteroatoms. The zero-order valence-electron chi connectivity index (χ0n) is 17.0. The molecule has 0 saturated carbocycles. The Kier molecular flexibility index (Phi) is 6.45. The van der Waals surface area contributed by atoms with Crippen LogP contribution < -0.4 is 10.2 Å². The highest BCUT2D eigenvalue weighted by Gasteiger charge is 2.35. The number of hydrogen-bond acceptors (Lipinski definition) is 3. The second-order valence-electron chi connectivity index (χ2n) is 7.46. The average molecular weight is 497 g/mol. The quantitative estimate of drug-likeness (QED) is 0.406. The number of halogens is 5. The van der Waals surface area contributed by atoms with Gasteiger partial charge in [-0.15, -0.1) is 11.3 Å². The smallest absolute Gasteiger partial charge is 0.322 e. The van der Waals surface area contributed by atoms with E-state index in [2.05, 4.69) is 5.32 Å². The molecule has 0 saturated heterocycles. The van der Waals surface area contributed by atoms with Crippen molar-refractivity contribution in [2.75, 3.05) is 16.8 Å². The zero-order chi connectivity index (χ0) is 23.8. The van der Waals surface area contributed by atoms with E-state index < -0.39 is 29.0 Å². The van der Waals surface area contributed by atoms with E-state index in [1.54, 1.807) is 16.2 Å². The third-order valence-corrected chi connectivity index (χ3v) is 6.58. The normalized spacial score (nSPS) is 13.9. The van der Waals surface area contributed by atoms with Crippen molar-refractivity contribution >= 4 is 46.1 Å². The van der Waals surface area contributed by atoms with Gasteiger partial charge in [-0.05, 0) is 61.0 Å². The number of aryl methyl sites for hydroxylation is 1. The number of benzene rings is 2. The molecular weight excluding hydrogens is 480 g/mol. The van der Waals surface area contributed by atoms with Gasteiger partial charge >= 0.3 is 6.18 Å². The standard InChI is InChI=1S/C23H17ClF4N2O2S/c24-17-12-13(29-21(31)15-4-3-5-16(20(15)25)23(26,27)28)7-8-14(17)22(32)30-10-2-1-6-19-18(30)9-11-33-19/h3-5,7-9,11-12H,1-2,6,10H2,(H,29,31). The van der Waals surface area contributed by atoms with Crippen LogP contribution in [0.5, 0.6) is 0 Å². The minimum Gasteiger partial charge on any atom is -0.322 e. The second-order valence-corrected chi connectivity index (χ2v) is 8.86. The SMILES string of the molecule is O=C(Nc1ccc(C(=O)N2CCCCc3sccc32)c(Cl)c1)c1cccc(C(F)(F)F)c1F. The maximum atomic E-state index is 14.2. The maximum Gasteiger partial charge on any atom is 0.419 e. The Bertz CT molecular complexity index is 1230. The summed E-state index contributed by atoms with van der Waals surface area (Å²) in [6.45, 7) is 0.548. The molecule has 0 radical (unpaired) electrons. The van der Waals surface area contributed by atoms with Crippen molar-refractivity contribution in [2.45, 2.75) is 25.4 Å². The maximum absolute atomic E-state index is 14.2. The molecule has 2 heterocycles. The van der Waals surface area contributed by atoms with E-state index in [4.69, 9.17) is 11.6 Å². The molecule has 1 N–H and O–H groups in total. The third kappa shape index (κ3) is 4.74. The fourth-order valence-corrected chi connectivity index (χ4v) is 4.87. The highest BCUT2D eigenvalue weighted by molar-refractivity contribution is 7.10. The van der Waals surface area contributed by atoms with Crippen molar-refractivity contribution in [1.82, 2.24) is 0 Å². The first kappa shape index (κ1) is 23.3. The Morgan fingerprint density at radius 1 is 1.06 bits per heavy atom. The predicted octanol–water partition coefficient (Wildman–Crippen LogP) is 6.79. The lowest BCUT2D eigenvalue weighted by Gasteiger charge is -2.22. The Morgan fingerprint density at radius 2 is 1.85 bits per heavy atom. The van der Waals surface area contributed by atoms with Gasteiger partial charge in [-0.3, -0.25) is 9.59 Å². The van der Waals surface area contributed by atoms with Crippen LogP contribution in [0.2, 0.25) is 5.02 Å². The topological polar surface area (TPSA) is 49.4 Å². The number of anilines is 2. The van der Waals surface area contributed by atoms with E-state index in [0.29, 0.717) is 12.6 Å². The Hall–Kier alpha value is -2.91. The number of carbonyl (C=O) groups is 2. The van der Waals surface area contributed by atoms with Crippen LogP contribution in [0.1, 0.15) is 44.0 Å². The summed E-state index contributed by atoms with van der Waals surface area (Å²) in [5.74, 6) is -3.01. The number of fused-ring (bicyclic) bond motifs is 1.